The number of aromatic amines is 1. The van der Waals surface area contributed by atoms with E-state index in [2.05, 4.69) is 53.2 Å². The van der Waals surface area contributed by atoms with E-state index in [4.69, 9.17) is 17.0 Å². The quantitative estimate of drug-likeness (QED) is 0.214. The molecule has 0 unspecified atom stereocenters. The Morgan fingerprint density at radius 1 is 1.09 bits per heavy atom. The number of benzene rings is 3. The topological polar surface area (TPSA) is 79.0 Å². The Bertz CT molecular complexity index is 1370. The number of rotatable bonds is 6. The molecule has 0 saturated carbocycles. The van der Waals surface area contributed by atoms with Gasteiger partial charge in [-0.2, -0.15) is 20.1 Å². The first kappa shape index (κ1) is 22.1. The number of hydrogen-bond acceptors (Lipinski definition) is 5. The maximum atomic E-state index is 9.26. The summed E-state index contributed by atoms with van der Waals surface area (Å²) < 4.78 is 9.45. The van der Waals surface area contributed by atoms with E-state index in [0.29, 0.717) is 21.9 Å². The van der Waals surface area contributed by atoms with Crippen LogP contribution in [0.4, 0.5) is 0 Å². The highest BCUT2D eigenvalue weighted by Gasteiger charge is 2.11. The number of H-pyrrole nitrogens is 1. The molecular formula is C23H15Br2N5OS. The molecule has 0 bridgehead atoms. The molecule has 0 atom stereocenters. The summed E-state index contributed by atoms with van der Waals surface area (Å²) in [5, 5.41) is 20.8. The maximum Gasteiger partial charge on any atom is 0.216 e. The van der Waals surface area contributed by atoms with E-state index in [0.717, 1.165) is 25.6 Å². The highest BCUT2D eigenvalue weighted by molar-refractivity contribution is 9.11. The lowest BCUT2D eigenvalue weighted by atomic mass is 10.1. The smallest absolute Gasteiger partial charge is 0.216 e. The van der Waals surface area contributed by atoms with Gasteiger partial charge in [-0.15, -0.1) is 0 Å². The van der Waals surface area contributed by atoms with Crippen molar-refractivity contribution in [3.63, 3.8) is 0 Å². The second-order valence-corrected chi connectivity index (χ2v) is 8.74. The van der Waals surface area contributed by atoms with Crippen molar-refractivity contribution in [3.8, 4) is 23.2 Å². The van der Waals surface area contributed by atoms with Crippen molar-refractivity contribution >= 4 is 50.3 Å². The molecule has 0 spiro atoms. The number of halogens is 2. The molecule has 3 aromatic carbocycles. The lowest BCUT2D eigenvalue weighted by Gasteiger charge is -2.12. The zero-order valence-corrected chi connectivity index (χ0v) is 20.5. The molecule has 0 saturated heterocycles. The third-order valence-corrected chi connectivity index (χ3v) is 5.98. The van der Waals surface area contributed by atoms with Gasteiger partial charge in [-0.05, 0) is 67.8 Å². The van der Waals surface area contributed by atoms with E-state index in [1.54, 1.807) is 17.0 Å². The molecular weight excluding hydrogens is 554 g/mol. The van der Waals surface area contributed by atoms with Crippen molar-refractivity contribution in [2.45, 2.75) is 6.61 Å². The van der Waals surface area contributed by atoms with Crippen LogP contribution >= 0.6 is 44.1 Å². The molecule has 0 aliphatic heterocycles. The molecule has 0 fully saturated rings. The van der Waals surface area contributed by atoms with E-state index in [1.807, 2.05) is 60.7 Å². The van der Waals surface area contributed by atoms with Crippen LogP contribution in [0.1, 0.15) is 16.7 Å². The summed E-state index contributed by atoms with van der Waals surface area (Å²) in [5.74, 6) is 1.26. The van der Waals surface area contributed by atoms with Gasteiger partial charge in [0, 0.05) is 11.1 Å². The number of nitrogens with zero attached hydrogens (tertiary/aromatic N) is 4. The summed E-state index contributed by atoms with van der Waals surface area (Å²) >= 11 is 12.5. The number of hydrogen-bond donors (Lipinski definition) is 1. The second kappa shape index (κ2) is 10.0. The van der Waals surface area contributed by atoms with Gasteiger partial charge in [0.2, 0.25) is 4.77 Å². The van der Waals surface area contributed by atoms with Gasteiger partial charge in [0.15, 0.2) is 5.82 Å². The van der Waals surface area contributed by atoms with E-state index in [-0.39, 0.29) is 6.61 Å². The average molecular weight is 569 g/mol. The first-order valence-electron chi connectivity index (χ1n) is 9.44. The summed E-state index contributed by atoms with van der Waals surface area (Å²) in [5.41, 5.74) is 3.15. The molecule has 158 valence electrons. The van der Waals surface area contributed by atoms with E-state index >= 15 is 0 Å². The molecule has 6 nitrogen and oxygen atoms in total. The largest absolute Gasteiger partial charge is 0.486 e. The van der Waals surface area contributed by atoms with Gasteiger partial charge in [-0.1, -0.05) is 48.5 Å². The first-order valence-corrected chi connectivity index (χ1v) is 11.4. The number of nitrogens with one attached hydrogen (secondary N) is 1. The summed E-state index contributed by atoms with van der Waals surface area (Å²) in [7, 11) is 0. The predicted octanol–water partition coefficient (Wildman–Crippen LogP) is 6.47. The van der Waals surface area contributed by atoms with Crippen LogP contribution < -0.4 is 4.74 Å². The zero-order valence-electron chi connectivity index (χ0n) is 16.5. The van der Waals surface area contributed by atoms with Gasteiger partial charge in [0.05, 0.1) is 26.8 Å². The number of nitriles is 1. The van der Waals surface area contributed by atoms with E-state index < -0.39 is 0 Å². The molecule has 32 heavy (non-hydrogen) atoms. The van der Waals surface area contributed by atoms with Crippen molar-refractivity contribution in [3.05, 3.63) is 97.1 Å². The van der Waals surface area contributed by atoms with Gasteiger partial charge in [-0.3, -0.25) is 0 Å². The molecule has 0 aliphatic rings. The van der Waals surface area contributed by atoms with Gasteiger partial charge >= 0.3 is 0 Å². The highest BCUT2D eigenvalue weighted by Crippen LogP contribution is 2.35. The Morgan fingerprint density at radius 2 is 1.78 bits per heavy atom. The van der Waals surface area contributed by atoms with Gasteiger partial charge in [-0.25, -0.2) is 5.10 Å². The normalized spacial score (nSPS) is 10.9. The Morgan fingerprint density at radius 3 is 2.50 bits per heavy atom. The fraction of sp³-hybridized carbons (Fsp3) is 0.0435. The fourth-order valence-electron chi connectivity index (χ4n) is 2.99. The Labute approximate surface area is 206 Å². The molecule has 1 aromatic heterocycles. The van der Waals surface area contributed by atoms with Crippen molar-refractivity contribution in [2.24, 2.45) is 5.10 Å². The molecule has 0 aliphatic carbocycles. The van der Waals surface area contributed by atoms with Crippen molar-refractivity contribution < 1.29 is 4.74 Å². The van der Waals surface area contributed by atoms with Crippen molar-refractivity contribution in [1.82, 2.24) is 14.9 Å². The molecule has 1 heterocycles. The van der Waals surface area contributed by atoms with Crippen LogP contribution in [0.3, 0.4) is 0 Å². The summed E-state index contributed by atoms with van der Waals surface area (Å²) in [6.45, 7) is 0.277. The third-order valence-electron chi connectivity index (χ3n) is 4.54. The summed E-state index contributed by atoms with van der Waals surface area (Å²) in [6, 6.07) is 23.0. The zero-order chi connectivity index (χ0) is 22.5. The number of aromatic nitrogens is 3. The maximum absolute atomic E-state index is 9.26. The van der Waals surface area contributed by atoms with Crippen LogP contribution in [0.25, 0.3) is 11.4 Å². The minimum atomic E-state index is 0.277. The van der Waals surface area contributed by atoms with E-state index in [1.165, 1.54) is 0 Å². The summed E-state index contributed by atoms with van der Waals surface area (Å²) in [4.78, 5) is 0. The number of ether oxygens (including phenoxy) is 1. The standard InChI is InChI=1S/C23H15Br2N5OS/c24-19-10-15(11-20(25)21(19)31-14-18-9-5-4-8-17(18)12-26)13-27-30-22(28-29-23(30)32)16-6-2-1-3-7-16/h1-11,13H,14H2,(H,29,32)/b27-13-. The molecule has 0 radical (unpaired) electrons. The summed E-state index contributed by atoms with van der Waals surface area (Å²) in [6.07, 6.45) is 1.70. The molecule has 4 rings (SSSR count). The minimum Gasteiger partial charge on any atom is -0.486 e. The van der Waals surface area contributed by atoms with Crippen LogP contribution in [0.15, 0.2) is 80.8 Å². The Hall–Kier alpha value is -3.06. The monoisotopic (exact) mass is 567 g/mol. The minimum absolute atomic E-state index is 0.277. The molecule has 0 amide bonds. The molecule has 9 heteroatoms. The van der Waals surface area contributed by atoms with Gasteiger partial charge in [0.1, 0.15) is 12.4 Å². The predicted molar refractivity (Wildman–Crippen MR) is 133 cm³/mol. The average Bonchev–Trinajstić information content (AvgIpc) is 3.18. The van der Waals surface area contributed by atoms with Gasteiger partial charge in [0.25, 0.3) is 0 Å². The van der Waals surface area contributed by atoms with Crippen LogP contribution in [0.5, 0.6) is 5.75 Å². The van der Waals surface area contributed by atoms with Crippen LogP contribution in [0, 0.1) is 16.1 Å². The Kier molecular flexibility index (Phi) is 6.95. The third kappa shape index (κ3) is 4.88. The van der Waals surface area contributed by atoms with Crippen molar-refractivity contribution in [1.29, 1.82) is 5.26 Å². The first-order chi connectivity index (χ1) is 15.6. The Balaban J connectivity index is 1.57. The second-order valence-electron chi connectivity index (χ2n) is 6.65. The van der Waals surface area contributed by atoms with Crippen LogP contribution in [-0.4, -0.2) is 21.1 Å². The van der Waals surface area contributed by atoms with Crippen molar-refractivity contribution in [2.75, 3.05) is 0 Å². The highest BCUT2D eigenvalue weighted by atomic mass is 79.9. The lowest BCUT2D eigenvalue weighted by Crippen LogP contribution is -2.00. The van der Waals surface area contributed by atoms with E-state index in [9.17, 15) is 5.26 Å². The van der Waals surface area contributed by atoms with Crippen LogP contribution in [0.2, 0.25) is 0 Å². The van der Waals surface area contributed by atoms with Gasteiger partial charge < -0.3 is 4.74 Å². The lowest BCUT2D eigenvalue weighted by molar-refractivity contribution is 0.302. The SMILES string of the molecule is N#Cc1ccccc1COc1c(Br)cc(/C=N\n2c(-c3ccccc3)n[nH]c2=S)cc1Br. The molecule has 1 N–H and O–H groups in total. The van der Waals surface area contributed by atoms with Crippen LogP contribution in [-0.2, 0) is 6.61 Å². The fourth-order valence-corrected chi connectivity index (χ4v) is 4.62. The molecule has 4 aromatic rings.